The van der Waals surface area contributed by atoms with Crippen molar-refractivity contribution in [2.75, 3.05) is 6.61 Å². The standard InChI is InChI=1S/C19H38O2/c1-4-7-8-9-10-11-13-19(12-5-2)15-14-18(6-3)16-21-17-20/h17-19H,4-16H2,1-3H3. The van der Waals surface area contributed by atoms with Crippen molar-refractivity contribution < 1.29 is 9.53 Å². The van der Waals surface area contributed by atoms with Crippen molar-refractivity contribution in [1.82, 2.24) is 0 Å². The van der Waals surface area contributed by atoms with Crippen LogP contribution in [0.3, 0.4) is 0 Å². The molecule has 0 N–H and O–H groups in total. The molecule has 126 valence electrons. The molecule has 0 aromatic heterocycles. The predicted molar refractivity (Wildman–Crippen MR) is 91.4 cm³/mol. The highest BCUT2D eigenvalue weighted by atomic mass is 16.5. The molecule has 0 saturated heterocycles. The van der Waals surface area contributed by atoms with Gasteiger partial charge in [0.25, 0.3) is 6.47 Å². The normalized spacial score (nSPS) is 13.9. The van der Waals surface area contributed by atoms with Gasteiger partial charge in [-0.2, -0.15) is 0 Å². The van der Waals surface area contributed by atoms with E-state index in [1.165, 1.54) is 70.6 Å². The van der Waals surface area contributed by atoms with E-state index in [1.807, 2.05) is 0 Å². The van der Waals surface area contributed by atoms with E-state index in [9.17, 15) is 4.79 Å². The van der Waals surface area contributed by atoms with Crippen LogP contribution in [0.2, 0.25) is 0 Å². The number of carbonyl (C=O) groups excluding carboxylic acids is 1. The summed E-state index contributed by atoms with van der Waals surface area (Å²) < 4.78 is 4.93. The first kappa shape index (κ1) is 20.5. The highest BCUT2D eigenvalue weighted by Crippen LogP contribution is 2.24. The Kier molecular flexibility index (Phi) is 15.5. The lowest BCUT2D eigenvalue weighted by molar-refractivity contribution is -0.130. The lowest BCUT2D eigenvalue weighted by atomic mass is 9.88. The monoisotopic (exact) mass is 298 g/mol. The molecule has 21 heavy (non-hydrogen) atoms. The van der Waals surface area contributed by atoms with E-state index in [2.05, 4.69) is 20.8 Å². The lowest BCUT2D eigenvalue weighted by Gasteiger charge is -2.19. The molecule has 0 aliphatic rings. The largest absolute Gasteiger partial charge is 0.468 e. The molecule has 2 heteroatoms. The van der Waals surface area contributed by atoms with Gasteiger partial charge < -0.3 is 4.74 Å². The number of hydrogen-bond donors (Lipinski definition) is 0. The van der Waals surface area contributed by atoms with E-state index < -0.39 is 0 Å². The van der Waals surface area contributed by atoms with Gasteiger partial charge in [-0.05, 0) is 18.3 Å². The summed E-state index contributed by atoms with van der Waals surface area (Å²) in [5, 5.41) is 0. The molecule has 2 atom stereocenters. The van der Waals surface area contributed by atoms with Crippen molar-refractivity contribution in [3.63, 3.8) is 0 Å². The molecule has 0 heterocycles. The average molecular weight is 299 g/mol. The fraction of sp³-hybridized carbons (Fsp3) is 0.947. The van der Waals surface area contributed by atoms with E-state index in [4.69, 9.17) is 4.74 Å². The van der Waals surface area contributed by atoms with Crippen molar-refractivity contribution in [3.05, 3.63) is 0 Å². The van der Waals surface area contributed by atoms with Gasteiger partial charge in [-0.1, -0.05) is 91.4 Å². The van der Waals surface area contributed by atoms with Crippen LogP contribution in [0.4, 0.5) is 0 Å². The second-order valence-electron chi connectivity index (χ2n) is 6.49. The third kappa shape index (κ3) is 12.9. The molecular weight excluding hydrogens is 260 g/mol. The van der Waals surface area contributed by atoms with Crippen molar-refractivity contribution in [2.24, 2.45) is 11.8 Å². The Morgan fingerprint density at radius 1 is 0.762 bits per heavy atom. The van der Waals surface area contributed by atoms with Gasteiger partial charge >= 0.3 is 0 Å². The second kappa shape index (κ2) is 15.9. The van der Waals surface area contributed by atoms with Crippen LogP contribution in [0.15, 0.2) is 0 Å². The Morgan fingerprint density at radius 3 is 2.05 bits per heavy atom. The van der Waals surface area contributed by atoms with Crippen molar-refractivity contribution in [1.29, 1.82) is 0 Å². The Morgan fingerprint density at radius 2 is 1.43 bits per heavy atom. The van der Waals surface area contributed by atoms with E-state index in [0.29, 0.717) is 19.0 Å². The summed E-state index contributed by atoms with van der Waals surface area (Å²) in [5.74, 6) is 1.44. The maximum atomic E-state index is 10.3. The molecule has 0 aromatic carbocycles. The van der Waals surface area contributed by atoms with Gasteiger partial charge in [0.15, 0.2) is 0 Å². The van der Waals surface area contributed by atoms with Gasteiger partial charge in [-0.25, -0.2) is 0 Å². The Hall–Kier alpha value is -0.530. The molecule has 0 spiro atoms. The van der Waals surface area contributed by atoms with E-state index >= 15 is 0 Å². The summed E-state index contributed by atoms with van der Waals surface area (Å²) in [6.07, 6.45) is 16.0. The van der Waals surface area contributed by atoms with E-state index in [-0.39, 0.29) is 0 Å². The van der Waals surface area contributed by atoms with Crippen molar-refractivity contribution in [2.45, 2.75) is 97.8 Å². The third-order valence-corrected chi connectivity index (χ3v) is 4.62. The van der Waals surface area contributed by atoms with Gasteiger partial charge in [0.1, 0.15) is 0 Å². The number of ether oxygens (including phenoxy) is 1. The van der Waals surface area contributed by atoms with Gasteiger partial charge in [0.05, 0.1) is 6.61 Å². The number of carbonyl (C=O) groups is 1. The van der Waals surface area contributed by atoms with Crippen LogP contribution in [-0.4, -0.2) is 13.1 Å². The molecule has 0 aromatic rings. The van der Waals surface area contributed by atoms with Crippen molar-refractivity contribution >= 4 is 6.47 Å². The third-order valence-electron chi connectivity index (χ3n) is 4.62. The van der Waals surface area contributed by atoms with Crippen LogP contribution in [0, 0.1) is 11.8 Å². The van der Waals surface area contributed by atoms with Crippen LogP contribution in [0.25, 0.3) is 0 Å². The van der Waals surface area contributed by atoms with Gasteiger partial charge in [-0.15, -0.1) is 0 Å². The highest BCUT2D eigenvalue weighted by molar-refractivity contribution is 5.36. The quantitative estimate of drug-likeness (QED) is 0.253. The minimum absolute atomic E-state index is 0.555. The Balaban J connectivity index is 3.80. The summed E-state index contributed by atoms with van der Waals surface area (Å²) in [4.78, 5) is 10.3. The molecule has 0 radical (unpaired) electrons. The van der Waals surface area contributed by atoms with Crippen LogP contribution < -0.4 is 0 Å². The molecule has 0 amide bonds. The summed E-state index contributed by atoms with van der Waals surface area (Å²) in [6.45, 7) is 7.95. The first-order valence-electron chi connectivity index (χ1n) is 9.33. The Bertz CT molecular complexity index is 216. The maximum Gasteiger partial charge on any atom is 0.293 e. The van der Waals surface area contributed by atoms with E-state index in [0.717, 1.165) is 12.3 Å². The number of unbranched alkanes of at least 4 members (excludes halogenated alkanes) is 5. The van der Waals surface area contributed by atoms with Gasteiger partial charge in [0.2, 0.25) is 0 Å². The molecular formula is C19H38O2. The molecule has 2 unspecified atom stereocenters. The predicted octanol–water partition coefficient (Wildman–Crippen LogP) is 6.13. The minimum atomic E-state index is 0.555. The molecule has 0 fully saturated rings. The fourth-order valence-corrected chi connectivity index (χ4v) is 3.11. The Labute approximate surface area is 133 Å². The van der Waals surface area contributed by atoms with Crippen LogP contribution in [0.5, 0.6) is 0 Å². The zero-order valence-corrected chi connectivity index (χ0v) is 14.7. The summed E-state index contributed by atoms with van der Waals surface area (Å²) in [5.41, 5.74) is 0. The van der Waals surface area contributed by atoms with Crippen LogP contribution in [0.1, 0.15) is 97.8 Å². The topological polar surface area (TPSA) is 26.3 Å². The average Bonchev–Trinajstić information content (AvgIpc) is 2.50. The van der Waals surface area contributed by atoms with Gasteiger partial charge in [0, 0.05) is 0 Å². The minimum Gasteiger partial charge on any atom is -0.468 e. The SMILES string of the molecule is CCCCCCCCC(CCC)CCC(CC)COC=O. The number of hydrogen-bond acceptors (Lipinski definition) is 2. The summed E-state index contributed by atoms with van der Waals surface area (Å²) >= 11 is 0. The molecule has 0 aliphatic carbocycles. The first-order chi connectivity index (χ1) is 10.3. The number of rotatable bonds is 16. The molecule has 0 aliphatic heterocycles. The highest BCUT2D eigenvalue weighted by Gasteiger charge is 2.12. The van der Waals surface area contributed by atoms with E-state index in [1.54, 1.807) is 0 Å². The molecule has 2 nitrogen and oxygen atoms in total. The van der Waals surface area contributed by atoms with Crippen LogP contribution >= 0.6 is 0 Å². The first-order valence-corrected chi connectivity index (χ1v) is 9.33. The maximum absolute atomic E-state index is 10.3. The molecule has 0 bridgehead atoms. The molecule has 0 saturated carbocycles. The van der Waals surface area contributed by atoms with Gasteiger partial charge in [-0.3, -0.25) is 4.79 Å². The smallest absolute Gasteiger partial charge is 0.293 e. The molecule has 0 rings (SSSR count). The summed E-state index contributed by atoms with van der Waals surface area (Å²) in [6, 6.07) is 0. The van der Waals surface area contributed by atoms with Crippen LogP contribution in [-0.2, 0) is 9.53 Å². The van der Waals surface area contributed by atoms with Crippen molar-refractivity contribution in [3.8, 4) is 0 Å². The lowest BCUT2D eigenvalue weighted by Crippen LogP contribution is -2.11. The fourth-order valence-electron chi connectivity index (χ4n) is 3.11. The zero-order chi connectivity index (χ0) is 15.8. The zero-order valence-electron chi connectivity index (χ0n) is 14.7. The summed E-state index contributed by atoms with van der Waals surface area (Å²) in [7, 11) is 0. The second-order valence-corrected chi connectivity index (χ2v) is 6.49.